The Labute approximate surface area is 140 Å². The molecule has 1 aliphatic rings. The van der Waals surface area contributed by atoms with Gasteiger partial charge in [-0.25, -0.2) is 4.68 Å². The van der Waals surface area contributed by atoms with Crippen molar-refractivity contribution >= 4 is 23.2 Å². The number of carbonyl (C=O) groups is 1. The van der Waals surface area contributed by atoms with Crippen molar-refractivity contribution in [3.05, 3.63) is 48.0 Å². The molecule has 0 saturated carbocycles. The summed E-state index contributed by atoms with van der Waals surface area (Å²) in [5.41, 5.74) is 7.14. The Kier molecular flexibility index (Phi) is 5.18. The Morgan fingerprint density at radius 1 is 1.48 bits per heavy atom. The summed E-state index contributed by atoms with van der Waals surface area (Å²) in [6.07, 6.45) is 9.40. The van der Waals surface area contributed by atoms with E-state index in [1.165, 1.54) is 4.90 Å². The second kappa shape index (κ2) is 6.93. The number of hydrogen-bond donors (Lipinski definition) is 1. The molecule has 0 unspecified atom stereocenters. The summed E-state index contributed by atoms with van der Waals surface area (Å²) >= 11 is 6.18. The molecule has 0 aliphatic heterocycles. The van der Waals surface area contributed by atoms with Gasteiger partial charge in [0.15, 0.2) is 5.15 Å². The maximum atomic E-state index is 12.5. The first-order valence-electron chi connectivity index (χ1n) is 6.93. The Morgan fingerprint density at radius 2 is 2.26 bits per heavy atom. The van der Waals surface area contributed by atoms with Gasteiger partial charge < -0.3 is 10.6 Å². The molecule has 6 nitrogen and oxygen atoms in total. The lowest BCUT2D eigenvalue weighted by molar-refractivity contribution is -0.120. The topological polar surface area (TPSA) is 77.0 Å². The third-order valence-corrected chi connectivity index (χ3v) is 3.96. The molecular weight excluding hydrogens is 314 g/mol. The Morgan fingerprint density at radius 3 is 2.87 bits per heavy atom. The number of pyridine rings is 1. The molecule has 2 N–H and O–H groups in total. The van der Waals surface area contributed by atoms with E-state index in [-0.39, 0.29) is 30.4 Å². The molecule has 2 atom stereocenters. The lowest BCUT2D eigenvalue weighted by Crippen LogP contribution is -2.32. The van der Waals surface area contributed by atoms with Crippen LogP contribution in [0.4, 0.5) is 5.69 Å². The van der Waals surface area contributed by atoms with Crippen LogP contribution in [-0.4, -0.2) is 33.8 Å². The quantitative estimate of drug-likeness (QED) is 0.875. The molecule has 2 aromatic heterocycles. The van der Waals surface area contributed by atoms with E-state index < -0.39 is 0 Å². The summed E-state index contributed by atoms with van der Waals surface area (Å²) in [6, 6.07) is 3.61. The molecule has 1 amide bonds. The standard InChI is InChI=1S/C15H16ClN5O.CH4/c1-20(15(22)10-4-5-11(17)7-10)13-9-21(19-14(13)16)12-3-2-6-18-8-12;/h2-6,8-11H,7,17H2,1H3;1H4/t10-,11+;/m0./s1. The van der Waals surface area contributed by atoms with Crippen molar-refractivity contribution in [2.45, 2.75) is 19.9 Å². The third kappa shape index (κ3) is 3.43. The second-order valence-electron chi connectivity index (χ2n) is 5.25. The number of rotatable bonds is 3. The van der Waals surface area contributed by atoms with E-state index in [2.05, 4.69) is 10.1 Å². The van der Waals surface area contributed by atoms with Gasteiger partial charge >= 0.3 is 0 Å². The van der Waals surface area contributed by atoms with Crippen LogP contribution in [0.15, 0.2) is 42.9 Å². The van der Waals surface area contributed by atoms with E-state index in [1.807, 2.05) is 24.3 Å². The van der Waals surface area contributed by atoms with Gasteiger partial charge in [-0.2, -0.15) is 5.10 Å². The summed E-state index contributed by atoms with van der Waals surface area (Å²) in [6.45, 7) is 0. The van der Waals surface area contributed by atoms with Crippen molar-refractivity contribution in [2.24, 2.45) is 11.7 Å². The Hall–Kier alpha value is -2.18. The fourth-order valence-electron chi connectivity index (χ4n) is 2.47. The molecule has 23 heavy (non-hydrogen) atoms. The van der Waals surface area contributed by atoms with Gasteiger partial charge in [0.25, 0.3) is 0 Å². The number of halogens is 1. The van der Waals surface area contributed by atoms with Crippen molar-refractivity contribution < 1.29 is 4.79 Å². The number of carbonyl (C=O) groups excluding carboxylic acids is 1. The molecule has 7 heteroatoms. The SMILES string of the molecule is C.CN(C(=O)[C@H]1C=C[C@@H](N)C1)c1cn(-c2cccnc2)nc1Cl. The largest absolute Gasteiger partial charge is 0.324 e. The number of nitrogens with two attached hydrogens (primary N) is 1. The highest BCUT2D eigenvalue weighted by Crippen LogP contribution is 2.28. The molecule has 0 bridgehead atoms. The minimum Gasteiger partial charge on any atom is -0.324 e. The van der Waals surface area contributed by atoms with Crippen molar-refractivity contribution in [3.8, 4) is 5.69 Å². The molecule has 2 aromatic rings. The first-order chi connectivity index (χ1) is 10.6. The first kappa shape index (κ1) is 17.2. The average molecular weight is 334 g/mol. The highest BCUT2D eigenvalue weighted by molar-refractivity contribution is 6.32. The van der Waals surface area contributed by atoms with E-state index in [0.717, 1.165) is 5.69 Å². The van der Waals surface area contributed by atoms with E-state index in [1.54, 1.807) is 30.3 Å². The predicted molar refractivity (Wildman–Crippen MR) is 91.7 cm³/mol. The van der Waals surface area contributed by atoms with Crippen LogP contribution < -0.4 is 10.6 Å². The predicted octanol–water partition coefficient (Wildman–Crippen LogP) is 2.42. The van der Waals surface area contributed by atoms with Gasteiger partial charge in [0.1, 0.15) is 5.69 Å². The van der Waals surface area contributed by atoms with Crippen LogP contribution in [0.2, 0.25) is 5.15 Å². The molecule has 1 aliphatic carbocycles. The fourth-order valence-corrected chi connectivity index (χ4v) is 2.73. The van der Waals surface area contributed by atoms with Crippen LogP contribution >= 0.6 is 11.6 Å². The van der Waals surface area contributed by atoms with Gasteiger partial charge in [-0.1, -0.05) is 31.2 Å². The lowest BCUT2D eigenvalue weighted by Gasteiger charge is -2.19. The van der Waals surface area contributed by atoms with Crippen LogP contribution in [0.1, 0.15) is 13.8 Å². The molecule has 2 heterocycles. The zero-order chi connectivity index (χ0) is 15.7. The van der Waals surface area contributed by atoms with Crippen LogP contribution in [0.25, 0.3) is 5.69 Å². The van der Waals surface area contributed by atoms with E-state index in [0.29, 0.717) is 12.1 Å². The zero-order valence-corrected chi connectivity index (χ0v) is 12.8. The van der Waals surface area contributed by atoms with E-state index in [4.69, 9.17) is 17.3 Å². The number of aromatic nitrogens is 3. The molecule has 0 spiro atoms. The Balaban J connectivity index is 0.00000192. The maximum absolute atomic E-state index is 12.5. The number of nitrogens with zero attached hydrogens (tertiary/aromatic N) is 4. The number of anilines is 1. The summed E-state index contributed by atoms with van der Waals surface area (Å²) in [5.74, 6) is -0.255. The van der Waals surface area contributed by atoms with Gasteiger partial charge in [-0.05, 0) is 18.6 Å². The van der Waals surface area contributed by atoms with Crippen molar-refractivity contribution in [1.82, 2.24) is 14.8 Å². The molecule has 0 saturated heterocycles. The van der Waals surface area contributed by atoms with Crippen LogP contribution in [0.3, 0.4) is 0 Å². The van der Waals surface area contributed by atoms with Crippen LogP contribution in [0, 0.1) is 5.92 Å². The first-order valence-corrected chi connectivity index (χ1v) is 7.31. The van der Waals surface area contributed by atoms with Crippen molar-refractivity contribution in [2.75, 3.05) is 11.9 Å². The maximum Gasteiger partial charge on any atom is 0.233 e. The Bertz CT molecular complexity index is 713. The zero-order valence-electron chi connectivity index (χ0n) is 12.1. The summed E-state index contributed by atoms with van der Waals surface area (Å²) in [5, 5.41) is 4.50. The lowest BCUT2D eigenvalue weighted by atomic mass is 10.1. The molecule has 3 rings (SSSR count). The third-order valence-electron chi connectivity index (χ3n) is 3.69. The minimum absolute atomic E-state index is 0. The van der Waals surface area contributed by atoms with Gasteiger partial charge in [-0.15, -0.1) is 0 Å². The monoisotopic (exact) mass is 333 g/mol. The molecule has 0 fully saturated rings. The normalized spacial score (nSPS) is 19.4. The van der Waals surface area contributed by atoms with Gasteiger partial charge in [0.05, 0.1) is 24.0 Å². The van der Waals surface area contributed by atoms with Crippen molar-refractivity contribution in [3.63, 3.8) is 0 Å². The van der Waals surface area contributed by atoms with Gasteiger partial charge in [-0.3, -0.25) is 9.78 Å². The number of hydrogen-bond acceptors (Lipinski definition) is 4. The molecule has 0 radical (unpaired) electrons. The van der Waals surface area contributed by atoms with Crippen molar-refractivity contribution in [1.29, 1.82) is 0 Å². The van der Waals surface area contributed by atoms with Crippen LogP contribution in [-0.2, 0) is 4.79 Å². The van der Waals surface area contributed by atoms with Gasteiger partial charge in [0.2, 0.25) is 5.91 Å². The molecule has 0 aromatic carbocycles. The highest BCUT2D eigenvalue weighted by Gasteiger charge is 2.28. The van der Waals surface area contributed by atoms with E-state index >= 15 is 0 Å². The summed E-state index contributed by atoms with van der Waals surface area (Å²) in [4.78, 5) is 18.1. The van der Waals surface area contributed by atoms with Crippen LogP contribution in [0.5, 0.6) is 0 Å². The smallest absolute Gasteiger partial charge is 0.233 e. The number of amides is 1. The molecular formula is C16H20ClN5O. The highest BCUT2D eigenvalue weighted by atomic mass is 35.5. The van der Waals surface area contributed by atoms with E-state index in [9.17, 15) is 4.79 Å². The second-order valence-corrected chi connectivity index (χ2v) is 5.61. The minimum atomic E-state index is -0.210. The molecule has 122 valence electrons. The van der Waals surface area contributed by atoms with Gasteiger partial charge in [0, 0.05) is 19.3 Å². The summed E-state index contributed by atoms with van der Waals surface area (Å²) < 4.78 is 1.60. The average Bonchev–Trinajstić information content (AvgIpc) is 3.13. The fraction of sp³-hybridized carbons (Fsp3) is 0.312. The summed E-state index contributed by atoms with van der Waals surface area (Å²) in [7, 11) is 1.69.